The number of anilines is 1. The molecule has 1 aromatic heterocycles. The van der Waals surface area contributed by atoms with E-state index >= 15 is 0 Å². The average molecular weight is 468 g/mol. The number of amides is 2. The molecule has 3 aliphatic rings. The molecule has 2 N–H and O–H groups in total. The number of ether oxygens (including phenoxy) is 3. The fourth-order valence-electron chi connectivity index (χ4n) is 4.99. The van der Waals surface area contributed by atoms with Gasteiger partial charge in [-0.2, -0.15) is 0 Å². The molecule has 9 nitrogen and oxygen atoms in total. The molecule has 2 saturated heterocycles. The summed E-state index contributed by atoms with van der Waals surface area (Å²) in [4.78, 5) is 31.1. The molecule has 5 rings (SSSR count). The summed E-state index contributed by atoms with van der Waals surface area (Å²) in [6.07, 6.45) is 3.31. The van der Waals surface area contributed by atoms with Crippen LogP contribution >= 0.6 is 0 Å². The van der Waals surface area contributed by atoms with Gasteiger partial charge in [0, 0.05) is 42.7 Å². The third-order valence-electron chi connectivity index (χ3n) is 6.66. The van der Waals surface area contributed by atoms with Gasteiger partial charge in [-0.05, 0) is 42.3 Å². The minimum Gasteiger partial charge on any atom is -0.487 e. The molecule has 34 heavy (non-hydrogen) atoms. The van der Waals surface area contributed by atoms with Crippen LogP contribution in [-0.4, -0.2) is 78.0 Å². The Labute approximate surface area is 198 Å². The van der Waals surface area contributed by atoms with Crippen LogP contribution in [0.25, 0.3) is 0 Å². The number of aliphatic hydroxyl groups is 1. The molecule has 2 amide bonds. The molecule has 3 aliphatic heterocycles. The number of nitrogens with one attached hydrogen (secondary N) is 1. The van der Waals surface area contributed by atoms with Crippen molar-refractivity contribution in [3.05, 3.63) is 53.9 Å². The first-order valence-corrected chi connectivity index (χ1v) is 11.7. The minimum absolute atomic E-state index is 0.0274. The Morgan fingerprint density at radius 3 is 2.71 bits per heavy atom. The van der Waals surface area contributed by atoms with E-state index < -0.39 is 6.10 Å². The van der Waals surface area contributed by atoms with Crippen molar-refractivity contribution in [1.29, 1.82) is 0 Å². The van der Waals surface area contributed by atoms with Gasteiger partial charge in [0.2, 0.25) is 11.8 Å². The standard InChI is InChI=1S/C25H29N3O6/c29-15-22-25-20(13-18(33-22)14-24(31)28-7-9-32-10-8-28)19-12-17(1-2-21(19)34-25)27-23(30)11-16-3-5-26-6-4-16/h1-6,12,18,20,22,25,29H,7-11,13-15H2,(H,27,30)/t18-,20+,22-,25-/m0/s1. The predicted molar refractivity (Wildman–Crippen MR) is 123 cm³/mol. The summed E-state index contributed by atoms with van der Waals surface area (Å²) in [7, 11) is 0. The van der Waals surface area contributed by atoms with E-state index in [1.54, 1.807) is 12.4 Å². The van der Waals surface area contributed by atoms with Gasteiger partial charge in [0.25, 0.3) is 0 Å². The second-order valence-electron chi connectivity index (χ2n) is 8.93. The second-order valence-corrected chi connectivity index (χ2v) is 8.93. The van der Waals surface area contributed by atoms with Crippen molar-refractivity contribution in [3.63, 3.8) is 0 Å². The molecule has 4 atom stereocenters. The summed E-state index contributed by atoms with van der Waals surface area (Å²) in [6, 6.07) is 9.23. The lowest BCUT2D eigenvalue weighted by molar-refractivity contribution is -0.151. The highest BCUT2D eigenvalue weighted by Crippen LogP contribution is 2.47. The maximum atomic E-state index is 12.8. The Kier molecular flexibility index (Phi) is 6.75. The third-order valence-corrected chi connectivity index (χ3v) is 6.66. The second kappa shape index (κ2) is 10.1. The number of benzene rings is 1. The van der Waals surface area contributed by atoms with Crippen molar-refractivity contribution in [2.75, 3.05) is 38.2 Å². The van der Waals surface area contributed by atoms with Crippen molar-refractivity contribution in [3.8, 4) is 5.75 Å². The van der Waals surface area contributed by atoms with E-state index in [1.807, 2.05) is 35.2 Å². The van der Waals surface area contributed by atoms with Gasteiger partial charge in [-0.1, -0.05) is 0 Å². The van der Waals surface area contributed by atoms with E-state index in [2.05, 4.69) is 10.3 Å². The first-order chi connectivity index (χ1) is 16.6. The molecule has 1 aromatic carbocycles. The summed E-state index contributed by atoms with van der Waals surface area (Å²) in [5, 5.41) is 12.9. The summed E-state index contributed by atoms with van der Waals surface area (Å²) in [6.45, 7) is 2.11. The van der Waals surface area contributed by atoms with E-state index in [0.717, 1.165) is 16.9 Å². The molecule has 0 unspecified atom stereocenters. The van der Waals surface area contributed by atoms with Gasteiger partial charge in [-0.15, -0.1) is 0 Å². The SMILES string of the molecule is O=C(Cc1ccncc1)Nc1ccc2c(c1)[C@H]1C[C@@H](CC(=O)N3CCOCC3)O[C@@H](CO)[C@H]1O2. The zero-order valence-corrected chi connectivity index (χ0v) is 18.9. The number of carbonyl (C=O) groups is 2. The molecule has 0 bridgehead atoms. The first-order valence-electron chi connectivity index (χ1n) is 11.7. The zero-order chi connectivity index (χ0) is 23.5. The predicted octanol–water partition coefficient (Wildman–Crippen LogP) is 1.51. The Balaban J connectivity index is 1.28. The zero-order valence-electron chi connectivity index (χ0n) is 18.9. The molecule has 0 radical (unpaired) electrons. The van der Waals surface area contributed by atoms with E-state index in [4.69, 9.17) is 14.2 Å². The van der Waals surface area contributed by atoms with E-state index in [9.17, 15) is 14.7 Å². The van der Waals surface area contributed by atoms with Crippen LogP contribution in [0, 0.1) is 0 Å². The van der Waals surface area contributed by atoms with Crippen LogP contribution in [0.15, 0.2) is 42.7 Å². The average Bonchev–Trinajstić information content (AvgIpc) is 3.22. The number of hydrogen-bond donors (Lipinski definition) is 2. The molecule has 0 saturated carbocycles. The van der Waals surface area contributed by atoms with Crippen LogP contribution in [-0.2, 0) is 25.5 Å². The number of carbonyl (C=O) groups excluding carboxylic acids is 2. The number of rotatable bonds is 6. The molecular formula is C25H29N3O6. The van der Waals surface area contributed by atoms with Crippen molar-refractivity contribution < 1.29 is 28.9 Å². The highest BCUT2D eigenvalue weighted by Gasteiger charge is 2.46. The van der Waals surface area contributed by atoms with Crippen LogP contribution in [0.1, 0.15) is 29.9 Å². The Morgan fingerprint density at radius 1 is 1.15 bits per heavy atom. The molecule has 2 aromatic rings. The quantitative estimate of drug-likeness (QED) is 0.663. The van der Waals surface area contributed by atoms with Gasteiger partial charge in [0.15, 0.2) is 0 Å². The minimum atomic E-state index is -0.515. The smallest absolute Gasteiger partial charge is 0.228 e. The fourth-order valence-corrected chi connectivity index (χ4v) is 4.99. The Morgan fingerprint density at radius 2 is 1.94 bits per heavy atom. The largest absolute Gasteiger partial charge is 0.487 e. The maximum absolute atomic E-state index is 12.8. The number of aromatic nitrogens is 1. The molecule has 0 spiro atoms. The molecule has 2 fully saturated rings. The molecule has 9 heteroatoms. The molecular weight excluding hydrogens is 438 g/mol. The lowest BCUT2D eigenvalue weighted by Gasteiger charge is -2.38. The van der Waals surface area contributed by atoms with Gasteiger partial charge in [-0.3, -0.25) is 14.6 Å². The highest BCUT2D eigenvalue weighted by atomic mass is 16.6. The van der Waals surface area contributed by atoms with E-state index in [1.165, 1.54) is 0 Å². The van der Waals surface area contributed by atoms with Gasteiger partial charge in [0.1, 0.15) is 18.0 Å². The van der Waals surface area contributed by atoms with Crippen LogP contribution in [0.4, 0.5) is 5.69 Å². The van der Waals surface area contributed by atoms with Gasteiger partial charge in [0.05, 0.1) is 38.8 Å². The molecule has 180 valence electrons. The number of nitrogens with zero attached hydrogens (tertiary/aromatic N) is 2. The van der Waals surface area contributed by atoms with E-state index in [0.29, 0.717) is 38.4 Å². The summed E-state index contributed by atoms with van der Waals surface area (Å²) < 4.78 is 17.5. The number of aliphatic hydroxyl groups excluding tert-OH is 1. The van der Waals surface area contributed by atoms with Crippen molar-refractivity contribution in [2.45, 2.75) is 43.5 Å². The van der Waals surface area contributed by atoms with Crippen LogP contribution in [0.5, 0.6) is 5.75 Å². The van der Waals surface area contributed by atoms with Gasteiger partial charge >= 0.3 is 0 Å². The lowest BCUT2D eigenvalue weighted by atomic mass is 9.84. The monoisotopic (exact) mass is 467 g/mol. The Hall–Kier alpha value is -3.01. The maximum Gasteiger partial charge on any atom is 0.228 e. The van der Waals surface area contributed by atoms with E-state index in [-0.39, 0.29) is 49.4 Å². The highest BCUT2D eigenvalue weighted by molar-refractivity contribution is 5.92. The third kappa shape index (κ3) is 4.91. The van der Waals surface area contributed by atoms with Crippen molar-refractivity contribution in [2.24, 2.45) is 0 Å². The molecule has 4 heterocycles. The molecule has 0 aliphatic carbocycles. The van der Waals surface area contributed by atoms with Gasteiger partial charge in [-0.25, -0.2) is 0 Å². The van der Waals surface area contributed by atoms with Crippen molar-refractivity contribution in [1.82, 2.24) is 9.88 Å². The van der Waals surface area contributed by atoms with Crippen LogP contribution in [0.2, 0.25) is 0 Å². The topological polar surface area (TPSA) is 110 Å². The summed E-state index contributed by atoms with van der Waals surface area (Å²) in [5.74, 6) is 0.625. The number of hydrogen-bond acceptors (Lipinski definition) is 7. The number of pyridine rings is 1. The van der Waals surface area contributed by atoms with Crippen LogP contribution < -0.4 is 10.1 Å². The summed E-state index contributed by atoms with van der Waals surface area (Å²) in [5.41, 5.74) is 2.55. The normalized spacial score (nSPS) is 25.7. The van der Waals surface area contributed by atoms with Crippen molar-refractivity contribution >= 4 is 17.5 Å². The number of morpholine rings is 1. The lowest BCUT2D eigenvalue weighted by Crippen LogP contribution is -2.48. The Bertz CT molecular complexity index is 1030. The first kappa shape index (κ1) is 22.8. The van der Waals surface area contributed by atoms with Crippen LogP contribution in [0.3, 0.4) is 0 Å². The summed E-state index contributed by atoms with van der Waals surface area (Å²) >= 11 is 0. The fraction of sp³-hybridized carbons (Fsp3) is 0.480. The number of fused-ring (bicyclic) bond motifs is 3. The van der Waals surface area contributed by atoms with Gasteiger partial charge < -0.3 is 29.5 Å².